The first kappa shape index (κ1) is 13.7. The van der Waals surface area contributed by atoms with Crippen molar-refractivity contribution in [3.05, 3.63) is 42.0 Å². The van der Waals surface area contributed by atoms with Gasteiger partial charge in [-0.25, -0.2) is 0 Å². The fourth-order valence-corrected chi connectivity index (χ4v) is 3.46. The molecule has 2 aliphatic carbocycles. The molecule has 4 atom stereocenters. The zero-order valence-electron chi connectivity index (χ0n) is 11.8. The number of Topliss-reactive ketones (excluding diaryl/α,β-unsaturated/α-hetero) is 1. The van der Waals surface area contributed by atoms with Gasteiger partial charge in [0.15, 0.2) is 5.78 Å². The van der Waals surface area contributed by atoms with Crippen LogP contribution in [-0.4, -0.2) is 18.0 Å². The van der Waals surface area contributed by atoms with Crippen molar-refractivity contribution in [2.75, 3.05) is 5.32 Å². The van der Waals surface area contributed by atoms with Crippen molar-refractivity contribution in [3.63, 3.8) is 0 Å². The van der Waals surface area contributed by atoms with Crippen LogP contribution >= 0.6 is 0 Å². The highest BCUT2D eigenvalue weighted by Gasteiger charge is 2.47. The summed E-state index contributed by atoms with van der Waals surface area (Å²) in [6.45, 7) is 1.49. The van der Waals surface area contributed by atoms with Gasteiger partial charge in [0.05, 0.1) is 5.92 Å². The van der Waals surface area contributed by atoms with Gasteiger partial charge in [-0.05, 0) is 37.3 Å². The van der Waals surface area contributed by atoms with E-state index in [4.69, 9.17) is 0 Å². The lowest BCUT2D eigenvalue weighted by atomic mass is 9.83. The Hall–Kier alpha value is -2.23. The first-order valence-electron chi connectivity index (χ1n) is 7.15. The molecule has 1 saturated carbocycles. The normalized spacial score (nSPS) is 29.4. The molecule has 1 aromatic rings. The highest BCUT2D eigenvalue weighted by Crippen LogP contribution is 2.47. The SMILES string of the molecule is CC(=O)c1cccc(NC(=O)[C@H]2[C@@H](C=O)[C@H]3C=C[C@@H]2C3)c1. The Morgan fingerprint density at radius 2 is 2.00 bits per heavy atom. The Bertz CT molecular complexity index is 635. The zero-order valence-corrected chi connectivity index (χ0v) is 11.8. The number of hydrogen-bond acceptors (Lipinski definition) is 3. The Morgan fingerprint density at radius 3 is 2.71 bits per heavy atom. The second-order valence-corrected chi connectivity index (χ2v) is 5.81. The van der Waals surface area contributed by atoms with E-state index >= 15 is 0 Å². The minimum absolute atomic E-state index is 0.0419. The minimum atomic E-state index is -0.293. The number of hydrogen-bond donors (Lipinski definition) is 1. The van der Waals surface area contributed by atoms with Crippen LogP contribution in [0.25, 0.3) is 0 Å². The molecule has 2 aliphatic rings. The smallest absolute Gasteiger partial charge is 0.228 e. The molecular formula is C17H17NO3. The van der Waals surface area contributed by atoms with E-state index in [2.05, 4.69) is 5.32 Å². The lowest BCUT2D eigenvalue weighted by Gasteiger charge is -2.22. The molecule has 4 nitrogen and oxygen atoms in total. The number of carbonyl (C=O) groups is 3. The van der Waals surface area contributed by atoms with Crippen LogP contribution in [0.5, 0.6) is 0 Å². The summed E-state index contributed by atoms with van der Waals surface area (Å²) >= 11 is 0. The van der Waals surface area contributed by atoms with Crippen LogP contribution in [0.4, 0.5) is 5.69 Å². The number of aldehydes is 1. The van der Waals surface area contributed by atoms with Crippen LogP contribution < -0.4 is 5.32 Å². The van der Waals surface area contributed by atoms with Gasteiger partial charge in [0, 0.05) is 17.2 Å². The summed E-state index contributed by atoms with van der Waals surface area (Å²) in [4.78, 5) is 35.1. The van der Waals surface area contributed by atoms with Crippen molar-refractivity contribution >= 4 is 23.7 Å². The number of amides is 1. The average Bonchev–Trinajstić information content (AvgIpc) is 3.07. The molecule has 108 valence electrons. The number of anilines is 1. The fourth-order valence-electron chi connectivity index (χ4n) is 3.46. The number of ketones is 1. The molecule has 0 aromatic heterocycles. The molecule has 1 N–H and O–H groups in total. The topological polar surface area (TPSA) is 63.2 Å². The molecule has 2 bridgehead atoms. The van der Waals surface area contributed by atoms with Crippen LogP contribution in [0.1, 0.15) is 23.7 Å². The summed E-state index contributed by atoms with van der Waals surface area (Å²) in [5.41, 5.74) is 1.16. The zero-order chi connectivity index (χ0) is 15.0. The van der Waals surface area contributed by atoms with Crippen molar-refractivity contribution in [1.29, 1.82) is 0 Å². The van der Waals surface area contributed by atoms with E-state index in [0.29, 0.717) is 11.3 Å². The molecule has 0 spiro atoms. The van der Waals surface area contributed by atoms with Gasteiger partial charge in [0.25, 0.3) is 0 Å². The quantitative estimate of drug-likeness (QED) is 0.524. The van der Waals surface area contributed by atoms with E-state index in [1.54, 1.807) is 24.3 Å². The van der Waals surface area contributed by atoms with E-state index in [0.717, 1.165) is 12.7 Å². The maximum atomic E-state index is 12.5. The molecule has 3 rings (SSSR count). The standard InChI is InChI=1S/C17H17NO3/c1-10(20)11-3-2-4-14(8-11)18-17(21)16-13-6-5-12(7-13)15(16)9-19/h2-6,8-9,12-13,15-16H,7H2,1H3,(H,18,21)/t12-,13+,15-,16+/m0/s1. The lowest BCUT2D eigenvalue weighted by molar-refractivity contribution is -0.125. The van der Waals surface area contributed by atoms with Gasteiger partial charge in [-0.3, -0.25) is 9.59 Å². The van der Waals surface area contributed by atoms with E-state index < -0.39 is 0 Å². The van der Waals surface area contributed by atoms with Gasteiger partial charge < -0.3 is 10.1 Å². The Morgan fingerprint density at radius 1 is 1.24 bits per heavy atom. The highest BCUT2D eigenvalue weighted by atomic mass is 16.2. The molecule has 0 heterocycles. The van der Waals surface area contributed by atoms with E-state index in [9.17, 15) is 14.4 Å². The van der Waals surface area contributed by atoms with Crippen LogP contribution in [0.3, 0.4) is 0 Å². The molecule has 0 radical (unpaired) electrons. The average molecular weight is 283 g/mol. The number of rotatable bonds is 4. The second kappa shape index (κ2) is 5.28. The number of benzene rings is 1. The maximum Gasteiger partial charge on any atom is 0.228 e. The largest absolute Gasteiger partial charge is 0.326 e. The monoisotopic (exact) mass is 283 g/mol. The number of nitrogens with one attached hydrogen (secondary N) is 1. The molecule has 1 amide bonds. The fraction of sp³-hybridized carbons (Fsp3) is 0.353. The number of fused-ring (bicyclic) bond motifs is 2. The molecule has 4 heteroatoms. The van der Waals surface area contributed by atoms with Gasteiger partial charge >= 0.3 is 0 Å². The van der Waals surface area contributed by atoms with Crippen molar-refractivity contribution in [2.45, 2.75) is 13.3 Å². The van der Waals surface area contributed by atoms with E-state index in [1.807, 2.05) is 12.2 Å². The molecule has 1 aromatic carbocycles. The van der Waals surface area contributed by atoms with Crippen LogP contribution in [-0.2, 0) is 9.59 Å². The molecule has 1 fully saturated rings. The van der Waals surface area contributed by atoms with Crippen molar-refractivity contribution < 1.29 is 14.4 Å². The summed E-state index contributed by atoms with van der Waals surface area (Å²) < 4.78 is 0. The first-order valence-corrected chi connectivity index (χ1v) is 7.15. The molecule has 0 unspecified atom stereocenters. The molecule has 21 heavy (non-hydrogen) atoms. The number of allylic oxidation sites excluding steroid dienone is 2. The lowest BCUT2D eigenvalue weighted by Crippen LogP contribution is -2.33. The van der Waals surface area contributed by atoms with Crippen molar-refractivity contribution in [2.24, 2.45) is 23.7 Å². The summed E-state index contributed by atoms with van der Waals surface area (Å²) in [7, 11) is 0. The van der Waals surface area contributed by atoms with Gasteiger partial charge in [-0.1, -0.05) is 24.3 Å². The Balaban J connectivity index is 1.77. The number of carbonyl (C=O) groups excluding carboxylic acids is 3. The van der Waals surface area contributed by atoms with Crippen LogP contribution in [0, 0.1) is 23.7 Å². The second-order valence-electron chi connectivity index (χ2n) is 5.81. The van der Waals surface area contributed by atoms with Gasteiger partial charge in [-0.15, -0.1) is 0 Å². The van der Waals surface area contributed by atoms with Crippen molar-refractivity contribution in [3.8, 4) is 0 Å². The first-order chi connectivity index (χ1) is 10.1. The third-order valence-corrected chi connectivity index (χ3v) is 4.52. The molecular weight excluding hydrogens is 266 g/mol. The third kappa shape index (κ3) is 2.42. The molecule has 0 aliphatic heterocycles. The summed E-state index contributed by atoms with van der Waals surface area (Å²) in [5.74, 6) is -0.341. The van der Waals surface area contributed by atoms with Gasteiger partial charge in [-0.2, -0.15) is 0 Å². The third-order valence-electron chi connectivity index (χ3n) is 4.52. The Labute approximate surface area is 123 Å². The summed E-state index contributed by atoms with van der Waals surface area (Å²) in [6, 6.07) is 6.87. The predicted octanol–water partition coefficient (Wildman–Crippen LogP) is 2.46. The van der Waals surface area contributed by atoms with Crippen LogP contribution in [0.15, 0.2) is 36.4 Å². The van der Waals surface area contributed by atoms with Crippen LogP contribution in [0.2, 0.25) is 0 Å². The highest BCUT2D eigenvalue weighted by molar-refractivity contribution is 5.98. The maximum absolute atomic E-state index is 12.5. The predicted molar refractivity (Wildman–Crippen MR) is 78.9 cm³/mol. The summed E-state index contributed by atoms with van der Waals surface area (Å²) in [6.07, 6.45) is 5.88. The van der Waals surface area contributed by atoms with E-state index in [-0.39, 0.29) is 35.4 Å². The van der Waals surface area contributed by atoms with Gasteiger partial charge in [0.1, 0.15) is 6.29 Å². The summed E-state index contributed by atoms with van der Waals surface area (Å²) in [5, 5.41) is 2.84. The van der Waals surface area contributed by atoms with Crippen molar-refractivity contribution in [1.82, 2.24) is 0 Å². The Kier molecular flexibility index (Phi) is 3.45. The molecule has 0 saturated heterocycles. The van der Waals surface area contributed by atoms with Gasteiger partial charge in [0.2, 0.25) is 5.91 Å². The van der Waals surface area contributed by atoms with E-state index in [1.165, 1.54) is 6.92 Å². The minimum Gasteiger partial charge on any atom is -0.326 e.